The third-order valence-corrected chi connectivity index (χ3v) is 6.78. The van der Waals surface area contributed by atoms with E-state index >= 15 is 0 Å². The predicted octanol–water partition coefficient (Wildman–Crippen LogP) is 5.17. The minimum Gasteiger partial charge on any atom is -0.354 e. The van der Waals surface area contributed by atoms with Crippen molar-refractivity contribution in [3.63, 3.8) is 0 Å². The minimum atomic E-state index is -0.709. The SMILES string of the molecule is CCNC(=O)C1(CC)OC12CC=C(C(C)(C)CC)C=C2C(C)(C)CC. The molecule has 1 fully saturated rings. The Balaban J connectivity index is 2.52. The van der Waals surface area contributed by atoms with E-state index in [-0.39, 0.29) is 16.7 Å². The number of hydrogen-bond donors (Lipinski definition) is 1. The molecule has 1 spiro atoms. The van der Waals surface area contributed by atoms with Crippen molar-refractivity contribution in [1.82, 2.24) is 5.32 Å². The van der Waals surface area contributed by atoms with Gasteiger partial charge in [0.05, 0.1) is 0 Å². The maximum absolute atomic E-state index is 12.8. The van der Waals surface area contributed by atoms with Crippen LogP contribution in [-0.2, 0) is 9.53 Å². The summed E-state index contributed by atoms with van der Waals surface area (Å²) in [5.74, 6) is 0.0434. The van der Waals surface area contributed by atoms with Crippen LogP contribution in [0.4, 0.5) is 0 Å². The molecule has 2 aliphatic rings. The molecule has 3 heteroatoms. The Hall–Kier alpha value is -1.09. The third kappa shape index (κ3) is 2.99. The lowest BCUT2D eigenvalue weighted by Gasteiger charge is -2.38. The number of carbonyl (C=O) groups excluding carboxylic acids is 1. The fraction of sp³-hybridized carbons (Fsp3) is 0.773. The van der Waals surface area contributed by atoms with Gasteiger partial charge in [-0.2, -0.15) is 0 Å². The lowest BCUT2D eigenvalue weighted by Crippen LogP contribution is -2.45. The monoisotopic (exact) mass is 347 g/mol. The maximum Gasteiger partial charge on any atom is 0.255 e. The number of epoxide rings is 1. The van der Waals surface area contributed by atoms with Crippen molar-refractivity contribution in [2.45, 2.75) is 92.3 Å². The second kappa shape index (κ2) is 6.57. The normalized spacial score (nSPS) is 29.3. The summed E-state index contributed by atoms with van der Waals surface area (Å²) < 4.78 is 6.37. The Bertz CT molecular complexity index is 599. The van der Waals surface area contributed by atoms with E-state index < -0.39 is 11.2 Å². The van der Waals surface area contributed by atoms with E-state index in [2.05, 4.69) is 65.9 Å². The fourth-order valence-corrected chi connectivity index (χ4v) is 4.11. The van der Waals surface area contributed by atoms with Gasteiger partial charge in [0.1, 0.15) is 5.60 Å². The summed E-state index contributed by atoms with van der Waals surface area (Å²) in [5.41, 5.74) is 1.66. The molecule has 1 saturated heterocycles. The van der Waals surface area contributed by atoms with Gasteiger partial charge in [0.25, 0.3) is 5.91 Å². The van der Waals surface area contributed by atoms with Crippen molar-refractivity contribution < 1.29 is 9.53 Å². The summed E-state index contributed by atoms with van der Waals surface area (Å²) in [6, 6.07) is 0. The van der Waals surface area contributed by atoms with Crippen LogP contribution >= 0.6 is 0 Å². The van der Waals surface area contributed by atoms with Crippen LogP contribution in [0.2, 0.25) is 0 Å². The van der Waals surface area contributed by atoms with Crippen molar-refractivity contribution in [1.29, 1.82) is 0 Å². The smallest absolute Gasteiger partial charge is 0.255 e. The highest BCUT2D eigenvalue weighted by molar-refractivity contribution is 5.91. The zero-order valence-electron chi connectivity index (χ0n) is 17.5. The molecule has 3 nitrogen and oxygen atoms in total. The molecule has 2 atom stereocenters. The van der Waals surface area contributed by atoms with Gasteiger partial charge in [-0.1, -0.05) is 60.6 Å². The van der Waals surface area contributed by atoms with Gasteiger partial charge in [-0.05, 0) is 48.2 Å². The summed E-state index contributed by atoms with van der Waals surface area (Å²) in [4.78, 5) is 12.8. The Kier molecular flexibility index (Phi) is 5.32. The quantitative estimate of drug-likeness (QED) is 0.646. The molecule has 1 amide bonds. The summed E-state index contributed by atoms with van der Waals surface area (Å²) in [5, 5.41) is 3.00. The van der Waals surface area contributed by atoms with E-state index in [0.29, 0.717) is 13.0 Å². The number of allylic oxidation sites excluding steroid dienone is 2. The van der Waals surface area contributed by atoms with Gasteiger partial charge >= 0.3 is 0 Å². The van der Waals surface area contributed by atoms with Gasteiger partial charge in [0.2, 0.25) is 0 Å². The number of ether oxygens (including phenoxy) is 1. The summed E-state index contributed by atoms with van der Waals surface area (Å²) in [6.07, 6.45) is 8.29. The number of carbonyl (C=O) groups is 1. The van der Waals surface area contributed by atoms with Crippen LogP contribution in [0.15, 0.2) is 23.3 Å². The summed E-state index contributed by atoms with van der Waals surface area (Å²) in [7, 11) is 0. The van der Waals surface area contributed by atoms with Crippen LogP contribution in [0.5, 0.6) is 0 Å². The van der Waals surface area contributed by atoms with Crippen LogP contribution in [0.25, 0.3) is 0 Å². The molecule has 25 heavy (non-hydrogen) atoms. The Labute approximate surface area is 154 Å². The maximum atomic E-state index is 12.8. The van der Waals surface area contributed by atoms with Gasteiger partial charge in [-0.15, -0.1) is 0 Å². The number of likely N-dealkylation sites (N-methyl/N-ethyl adjacent to an activating group) is 1. The van der Waals surface area contributed by atoms with Crippen molar-refractivity contribution in [2.75, 3.05) is 6.54 Å². The first-order valence-electron chi connectivity index (χ1n) is 9.98. The van der Waals surface area contributed by atoms with E-state index in [9.17, 15) is 4.79 Å². The number of hydrogen-bond acceptors (Lipinski definition) is 2. The Morgan fingerprint density at radius 3 is 2.20 bits per heavy atom. The van der Waals surface area contributed by atoms with Crippen molar-refractivity contribution in [3.05, 3.63) is 23.3 Å². The molecule has 142 valence electrons. The minimum absolute atomic E-state index is 0.00669. The summed E-state index contributed by atoms with van der Waals surface area (Å²) >= 11 is 0. The first-order chi connectivity index (χ1) is 11.6. The van der Waals surface area contributed by atoms with Crippen molar-refractivity contribution in [2.24, 2.45) is 10.8 Å². The van der Waals surface area contributed by atoms with Crippen LogP contribution in [-0.4, -0.2) is 23.7 Å². The van der Waals surface area contributed by atoms with Crippen LogP contribution in [0, 0.1) is 10.8 Å². The average molecular weight is 348 g/mol. The summed E-state index contributed by atoms with van der Waals surface area (Å²) in [6.45, 7) is 18.3. The molecule has 1 aliphatic heterocycles. The Morgan fingerprint density at radius 1 is 1.12 bits per heavy atom. The standard InChI is InChI=1S/C22H37NO2/c1-9-19(5,6)16-13-14-22(17(15-16)20(7,8)10-2)21(11-3,25-22)18(24)23-12-4/h13,15H,9-12,14H2,1-8H3,(H,23,24). The van der Waals surface area contributed by atoms with Gasteiger partial charge in [0, 0.05) is 13.0 Å². The highest BCUT2D eigenvalue weighted by Gasteiger charge is 2.75. The van der Waals surface area contributed by atoms with Crippen LogP contribution in [0.3, 0.4) is 0 Å². The molecule has 1 heterocycles. The molecule has 2 rings (SSSR count). The van der Waals surface area contributed by atoms with Crippen LogP contribution in [0.1, 0.15) is 81.1 Å². The molecule has 0 aromatic rings. The molecule has 0 radical (unpaired) electrons. The molecule has 0 bridgehead atoms. The zero-order chi connectivity index (χ0) is 19.1. The van der Waals surface area contributed by atoms with Crippen molar-refractivity contribution in [3.8, 4) is 0 Å². The molecule has 0 aromatic carbocycles. The highest BCUT2D eigenvalue weighted by atomic mass is 16.6. The number of amides is 1. The Morgan fingerprint density at radius 2 is 1.72 bits per heavy atom. The molecular weight excluding hydrogens is 310 g/mol. The van der Waals surface area contributed by atoms with E-state index in [1.807, 2.05) is 6.92 Å². The largest absolute Gasteiger partial charge is 0.354 e. The van der Waals surface area contributed by atoms with Gasteiger partial charge < -0.3 is 10.1 Å². The van der Waals surface area contributed by atoms with E-state index in [0.717, 1.165) is 19.3 Å². The van der Waals surface area contributed by atoms with E-state index in [4.69, 9.17) is 4.74 Å². The molecule has 1 aliphatic carbocycles. The van der Waals surface area contributed by atoms with Gasteiger partial charge in [-0.3, -0.25) is 4.79 Å². The molecule has 0 aromatic heterocycles. The van der Waals surface area contributed by atoms with E-state index in [1.165, 1.54) is 11.1 Å². The first kappa shape index (κ1) is 20.2. The van der Waals surface area contributed by atoms with Crippen LogP contribution < -0.4 is 5.32 Å². The van der Waals surface area contributed by atoms with Crippen molar-refractivity contribution >= 4 is 5.91 Å². The topological polar surface area (TPSA) is 41.6 Å². The zero-order valence-corrected chi connectivity index (χ0v) is 17.5. The second-order valence-corrected chi connectivity index (χ2v) is 8.87. The van der Waals surface area contributed by atoms with E-state index in [1.54, 1.807) is 0 Å². The molecular formula is C22H37NO2. The molecule has 1 N–H and O–H groups in total. The fourth-order valence-electron chi connectivity index (χ4n) is 4.11. The highest BCUT2D eigenvalue weighted by Crippen LogP contribution is 2.63. The predicted molar refractivity (Wildman–Crippen MR) is 104 cm³/mol. The third-order valence-electron chi connectivity index (χ3n) is 6.78. The first-order valence-corrected chi connectivity index (χ1v) is 9.98. The lowest BCUT2D eigenvalue weighted by atomic mass is 9.64. The second-order valence-electron chi connectivity index (χ2n) is 8.87. The average Bonchev–Trinajstić information content (AvgIpc) is 3.24. The lowest BCUT2D eigenvalue weighted by molar-refractivity contribution is -0.126. The number of nitrogens with one attached hydrogen (secondary N) is 1. The molecule has 0 saturated carbocycles. The van der Waals surface area contributed by atoms with Gasteiger partial charge in [0.15, 0.2) is 5.60 Å². The molecule has 2 unspecified atom stereocenters. The van der Waals surface area contributed by atoms with Gasteiger partial charge in [-0.25, -0.2) is 0 Å². The number of rotatable bonds is 7.